The van der Waals surface area contributed by atoms with Crippen LogP contribution in [0, 0.1) is 0 Å². The van der Waals surface area contributed by atoms with Crippen molar-refractivity contribution in [2.24, 2.45) is 19.1 Å². The molecular formula is C26H24N4O4S. The fourth-order valence-corrected chi connectivity index (χ4v) is 5.55. The molecule has 0 spiro atoms. The molecule has 0 unspecified atom stereocenters. The maximum absolute atomic E-state index is 13.7. The highest BCUT2D eigenvalue weighted by Gasteiger charge is 2.33. The number of aromatic nitrogens is 3. The molecule has 0 saturated carbocycles. The summed E-state index contributed by atoms with van der Waals surface area (Å²) in [5.41, 5.74) is 3.74. The van der Waals surface area contributed by atoms with E-state index in [9.17, 15) is 14.4 Å². The molecule has 0 N–H and O–H groups in total. The highest BCUT2D eigenvalue weighted by molar-refractivity contribution is 7.07. The number of allylic oxidation sites excluding steroid dienone is 1. The summed E-state index contributed by atoms with van der Waals surface area (Å²) in [7, 11) is 3.46. The van der Waals surface area contributed by atoms with Crippen molar-refractivity contribution in [3.8, 4) is 0 Å². The fourth-order valence-electron chi connectivity index (χ4n) is 4.51. The standard InChI is InChI=1S/C26H24N4O4S/c1-5-34-24(32)21-15(2)27-25-30(22(21)17-9-7-6-8-10-17)23(31)20(35-25)14-16-11-12-18-19(13-16)29(4)26(33)28(18)3/h6-14,22H,5H2,1-4H3/b20-14-/t22-/m1/s1. The lowest BCUT2D eigenvalue weighted by Crippen LogP contribution is -2.39. The van der Waals surface area contributed by atoms with Crippen LogP contribution in [0.25, 0.3) is 17.1 Å². The Bertz CT molecular complexity index is 1750. The lowest BCUT2D eigenvalue weighted by Gasteiger charge is -2.24. The largest absolute Gasteiger partial charge is 0.463 e. The van der Waals surface area contributed by atoms with Crippen LogP contribution in [0.4, 0.5) is 0 Å². The zero-order valence-corrected chi connectivity index (χ0v) is 20.6. The zero-order chi connectivity index (χ0) is 24.9. The number of carbonyl (C=O) groups excluding carboxylic acids is 1. The number of esters is 1. The van der Waals surface area contributed by atoms with E-state index in [-0.39, 0.29) is 17.9 Å². The molecule has 0 aliphatic carbocycles. The van der Waals surface area contributed by atoms with Gasteiger partial charge in [0.2, 0.25) is 0 Å². The number of aryl methyl sites for hydroxylation is 2. The molecule has 178 valence electrons. The van der Waals surface area contributed by atoms with Gasteiger partial charge in [0.05, 0.1) is 39.5 Å². The lowest BCUT2D eigenvalue weighted by atomic mass is 9.96. The van der Waals surface area contributed by atoms with Crippen LogP contribution in [0.5, 0.6) is 0 Å². The average molecular weight is 489 g/mol. The number of hydrogen-bond donors (Lipinski definition) is 0. The topological polar surface area (TPSA) is 87.6 Å². The van der Waals surface area contributed by atoms with E-state index in [0.717, 1.165) is 22.2 Å². The monoisotopic (exact) mass is 488 g/mol. The third-order valence-corrected chi connectivity index (χ3v) is 7.21. The number of benzene rings is 2. The Labute approximate surface area is 204 Å². The molecule has 0 saturated heterocycles. The Morgan fingerprint density at radius 2 is 1.80 bits per heavy atom. The van der Waals surface area contributed by atoms with E-state index in [1.807, 2.05) is 48.5 Å². The minimum atomic E-state index is -0.633. The summed E-state index contributed by atoms with van der Waals surface area (Å²) in [6.45, 7) is 3.75. The molecule has 2 aromatic carbocycles. The third-order valence-electron chi connectivity index (χ3n) is 6.23. The second-order valence-electron chi connectivity index (χ2n) is 8.36. The molecule has 1 aliphatic heterocycles. The highest BCUT2D eigenvalue weighted by Crippen LogP contribution is 2.30. The number of imidazole rings is 1. The molecule has 35 heavy (non-hydrogen) atoms. The van der Waals surface area contributed by atoms with Crippen LogP contribution < -0.4 is 20.6 Å². The van der Waals surface area contributed by atoms with E-state index in [1.54, 1.807) is 47.7 Å². The predicted octanol–water partition coefficient (Wildman–Crippen LogP) is 1.99. The number of thiazole rings is 1. The smallest absolute Gasteiger partial charge is 0.338 e. The molecule has 0 fully saturated rings. The number of nitrogens with zero attached hydrogens (tertiary/aromatic N) is 4. The first kappa shape index (κ1) is 22.8. The first-order valence-electron chi connectivity index (χ1n) is 11.2. The van der Waals surface area contributed by atoms with Crippen molar-refractivity contribution in [3.63, 3.8) is 0 Å². The third kappa shape index (κ3) is 3.68. The quantitative estimate of drug-likeness (QED) is 0.411. The molecule has 0 bridgehead atoms. The summed E-state index contributed by atoms with van der Waals surface area (Å²) in [5, 5.41) is 0. The molecule has 4 aromatic rings. The maximum Gasteiger partial charge on any atom is 0.338 e. The van der Waals surface area contributed by atoms with Crippen LogP contribution in [0.2, 0.25) is 0 Å². The van der Waals surface area contributed by atoms with Gasteiger partial charge in [-0.15, -0.1) is 0 Å². The summed E-state index contributed by atoms with van der Waals surface area (Å²) in [4.78, 5) is 44.0. The van der Waals surface area contributed by atoms with Crippen molar-refractivity contribution in [3.05, 3.63) is 101 Å². The van der Waals surface area contributed by atoms with Gasteiger partial charge in [-0.1, -0.05) is 47.7 Å². The molecule has 5 rings (SSSR count). The Morgan fingerprint density at radius 1 is 1.09 bits per heavy atom. The molecule has 3 heterocycles. The van der Waals surface area contributed by atoms with Gasteiger partial charge in [0.15, 0.2) is 4.80 Å². The van der Waals surface area contributed by atoms with Gasteiger partial charge in [-0.05, 0) is 43.2 Å². The number of hydrogen-bond acceptors (Lipinski definition) is 6. The summed E-state index contributed by atoms with van der Waals surface area (Å²) in [6.07, 6.45) is 1.80. The van der Waals surface area contributed by atoms with E-state index < -0.39 is 12.0 Å². The van der Waals surface area contributed by atoms with Crippen molar-refractivity contribution in [1.82, 2.24) is 13.7 Å². The Morgan fingerprint density at radius 3 is 2.51 bits per heavy atom. The fraction of sp³-hybridized carbons (Fsp3) is 0.231. The van der Waals surface area contributed by atoms with Gasteiger partial charge in [-0.2, -0.15) is 0 Å². The molecule has 8 nitrogen and oxygen atoms in total. The lowest BCUT2D eigenvalue weighted by molar-refractivity contribution is -0.139. The second-order valence-corrected chi connectivity index (χ2v) is 9.37. The molecule has 1 atom stereocenters. The highest BCUT2D eigenvalue weighted by atomic mass is 32.1. The Kier molecular flexibility index (Phi) is 5.64. The van der Waals surface area contributed by atoms with Crippen LogP contribution >= 0.6 is 11.3 Å². The van der Waals surface area contributed by atoms with E-state index in [4.69, 9.17) is 4.74 Å². The average Bonchev–Trinajstić information content (AvgIpc) is 3.26. The predicted molar refractivity (Wildman–Crippen MR) is 135 cm³/mol. The molecule has 9 heteroatoms. The Hall–Kier alpha value is -3.98. The second kappa shape index (κ2) is 8.66. The van der Waals surface area contributed by atoms with E-state index in [2.05, 4.69) is 4.99 Å². The minimum absolute atomic E-state index is 0.110. The summed E-state index contributed by atoms with van der Waals surface area (Å²) < 4.78 is 10.6. The first-order valence-corrected chi connectivity index (χ1v) is 12.0. The maximum atomic E-state index is 13.7. The molecular weight excluding hydrogens is 464 g/mol. The van der Waals surface area contributed by atoms with Crippen LogP contribution in [0.1, 0.15) is 31.0 Å². The van der Waals surface area contributed by atoms with Crippen molar-refractivity contribution in [2.45, 2.75) is 19.9 Å². The van der Waals surface area contributed by atoms with Crippen molar-refractivity contribution in [2.75, 3.05) is 6.61 Å². The van der Waals surface area contributed by atoms with Gasteiger partial charge >= 0.3 is 11.7 Å². The van der Waals surface area contributed by atoms with E-state index >= 15 is 0 Å². The molecule has 2 aromatic heterocycles. The normalized spacial score (nSPS) is 15.9. The van der Waals surface area contributed by atoms with Crippen molar-refractivity contribution in [1.29, 1.82) is 0 Å². The zero-order valence-electron chi connectivity index (χ0n) is 19.8. The summed E-state index contributed by atoms with van der Waals surface area (Å²) >= 11 is 1.27. The van der Waals surface area contributed by atoms with Gasteiger partial charge in [-0.25, -0.2) is 14.6 Å². The van der Waals surface area contributed by atoms with E-state index in [0.29, 0.717) is 20.6 Å². The number of rotatable bonds is 4. The number of fused-ring (bicyclic) bond motifs is 2. The van der Waals surface area contributed by atoms with Crippen molar-refractivity contribution >= 4 is 34.4 Å². The first-order chi connectivity index (χ1) is 16.8. The number of carbonyl (C=O) groups is 1. The van der Waals surface area contributed by atoms with Crippen LogP contribution in [0.15, 0.2) is 74.4 Å². The van der Waals surface area contributed by atoms with Crippen LogP contribution in [-0.4, -0.2) is 26.3 Å². The van der Waals surface area contributed by atoms with Gasteiger partial charge in [-0.3, -0.25) is 18.5 Å². The molecule has 0 amide bonds. The Balaban J connectivity index is 1.72. The molecule has 1 aliphatic rings. The van der Waals surface area contributed by atoms with Gasteiger partial charge in [0, 0.05) is 14.1 Å². The number of ether oxygens (including phenoxy) is 1. The van der Waals surface area contributed by atoms with E-state index in [1.165, 1.54) is 11.3 Å². The van der Waals surface area contributed by atoms with Gasteiger partial charge in [0.1, 0.15) is 0 Å². The SMILES string of the molecule is CCOC(=O)C1=C(C)N=c2s/c(=C\c3ccc4c(c3)n(C)c(=O)n4C)c(=O)n2[C@@H]1c1ccccc1. The molecule has 0 radical (unpaired) electrons. The summed E-state index contributed by atoms with van der Waals surface area (Å²) in [5.74, 6) is -0.479. The minimum Gasteiger partial charge on any atom is -0.463 e. The van der Waals surface area contributed by atoms with Crippen molar-refractivity contribution < 1.29 is 9.53 Å². The van der Waals surface area contributed by atoms with Gasteiger partial charge in [0.25, 0.3) is 5.56 Å². The van der Waals surface area contributed by atoms with Gasteiger partial charge < -0.3 is 4.74 Å². The van der Waals surface area contributed by atoms with Crippen LogP contribution in [0.3, 0.4) is 0 Å². The van der Waals surface area contributed by atoms with Crippen LogP contribution in [-0.2, 0) is 23.6 Å². The summed E-state index contributed by atoms with van der Waals surface area (Å²) in [6, 6.07) is 14.4.